The average molecular weight is 296 g/mol. The van der Waals surface area contributed by atoms with Gasteiger partial charge in [-0.15, -0.1) is 0 Å². The summed E-state index contributed by atoms with van der Waals surface area (Å²) in [7, 11) is 0. The van der Waals surface area contributed by atoms with Gasteiger partial charge in [0.15, 0.2) is 0 Å². The first kappa shape index (κ1) is 13.3. The van der Waals surface area contributed by atoms with Crippen LogP contribution in [0.5, 0.6) is 0 Å². The molecule has 5 heteroatoms. The molecule has 0 amide bonds. The minimum Gasteiger partial charge on any atom is -0.325 e. The summed E-state index contributed by atoms with van der Waals surface area (Å²) in [5.41, 5.74) is 2.55. The molecule has 21 heavy (non-hydrogen) atoms. The number of halogens is 1. The summed E-state index contributed by atoms with van der Waals surface area (Å²) in [6.45, 7) is 1.78. The molecule has 1 aromatic carbocycles. The van der Waals surface area contributed by atoms with Gasteiger partial charge in [0.25, 0.3) is 5.56 Å². The van der Waals surface area contributed by atoms with E-state index >= 15 is 0 Å². The van der Waals surface area contributed by atoms with E-state index in [0.29, 0.717) is 16.3 Å². The summed E-state index contributed by atoms with van der Waals surface area (Å²) in [6.07, 6.45) is 1.64. The lowest BCUT2D eigenvalue weighted by Gasteiger charge is -2.07. The first-order valence-corrected chi connectivity index (χ1v) is 6.66. The molecule has 2 heterocycles. The number of nitriles is 1. The fourth-order valence-corrected chi connectivity index (χ4v) is 2.52. The van der Waals surface area contributed by atoms with E-state index in [0.717, 1.165) is 16.5 Å². The minimum atomic E-state index is -0.384. The average Bonchev–Trinajstić information content (AvgIpc) is 2.46. The van der Waals surface area contributed by atoms with Gasteiger partial charge in [-0.1, -0.05) is 17.7 Å². The number of aromatic nitrogens is 2. The van der Waals surface area contributed by atoms with Crippen molar-refractivity contribution in [1.29, 1.82) is 5.26 Å². The molecule has 0 aliphatic rings. The van der Waals surface area contributed by atoms with Crippen LogP contribution < -0.4 is 5.56 Å². The third kappa shape index (κ3) is 2.28. The molecule has 0 spiro atoms. The molecule has 0 aliphatic heterocycles. The number of fused-ring (bicyclic) bond motifs is 1. The minimum absolute atomic E-state index is 0.0972. The maximum Gasteiger partial charge on any atom is 0.266 e. The van der Waals surface area contributed by atoms with Crippen LogP contribution in [0.4, 0.5) is 0 Å². The van der Waals surface area contributed by atoms with Crippen LogP contribution in [0.3, 0.4) is 0 Å². The van der Waals surface area contributed by atoms with Crippen LogP contribution in [0.2, 0.25) is 5.02 Å². The molecule has 4 nitrogen and oxygen atoms in total. The molecule has 3 aromatic rings. The highest BCUT2D eigenvalue weighted by Gasteiger charge is 2.11. The van der Waals surface area contributed by atoms with Crippen LogP contribution in [0.1, 0.15) is 11.3 Å². The highest BCUT2D eigenvalue weighted by molar-refractivity contribution is 6.35. The lowest BCUT2D eigenvalue weighted by Crippen LogP contribution is -2.12. The van der Waals surface area contributed by atoms with Gasteiger partial charge in [0.05, 0.1) is 10.5 Å². The smallest absolute Gasteiger partial charge is 0.266 e. The third-order valence-corrected chi connectivity index (χ3v) is 3.61. The number of nitrogens with zero attached hydrogens (tertiary/aromatic N) is 2. The summed E-state index contributed by atoms with van der Waals surface area (Å²) in [6, 6.07) is 11.0. The van der Waals surface area contributed by atoms with E-state index in [9.17, 15) is 10.1 Å². The molecule has 1 N–H and O–H groups in total. The zero-order valence-electron chi connectivity index (χ0n) is 11.1. The summed E-state index contributed by atoms with van der Waals surface area (Å²) < 4.78 is 0. The Morgan fingerprint density at radius 3 is 2.86 bits per heavy atom. The molecule has 0 saturated carbocycles. The van der Waals surface area contributed by atoms with Crippen molar-refractivity contribution < 1.29 is 0 Å². The standard InChI is InChI=1S/C16H10ClN3O/c1-9-6-11(13(8-18)16(21)20-9)10-2-3-15-12(7-10)14(17)4-5-19-15/h2-7H,1H3,(H,20,21). The van der Waals surface area contributed by atoms with Crippen LogP contribution in [-0.2, 0) is 0 Å². The predicted molar refractivity (Wildman–Crippen MR) is 82.3 cm³/mol. The molecule has 0 unspecified atom stereocenters. The van der Waals surface area contributed by atoms with Gasteiger partial charge in [-0.2, -0.15) is 5.26 Å². The summed E-state index contributed by atoms with van der Waals surface area (Å²) in [4.78, 5) is 18.7. The number of benzene rings is 1. The van der Waals surface area contributed by atoms with Gasteiger partial charge < -0.3 is 4.98 Å². The number of hydrogen-bond donors (Lipinski definition) is 1. The lowest BCUT2D eigenvalue weighted by atomic mass is 9.99. The van der Waals surface area contributed by atoms with Crippen LogP contribution >= 0.6 is 11.6 Å². The first-order chi connectivity index (χ1) is 10.1. The molecule has 102 valence electrons. The van der Waals surface area contributed by atoms with Gasteiger partial charge in [-0.05, 0) is 36.8 Å². The van der Waals surface area contributed by atoms with E-state index in [1.807, 2.05) is 24.3 Å². The van der Waals surface area contributed by atoms with Crippen LogP contribution in [-0.4, -0.2) is 9.97 Å². The number of aryl methyl sites for hydroxylation is 1. The maximum atomic E-state index is 11.9. The second kappa shape index (κ2) is 5.04. The Hall–Kier alpha value is -2.64. The van der Waals surface area contributed by atoms with Crippen molar-refractivity contribution in [2.75, 3.05) is 0 Å². The van der Waals surface area contributed by atoms with Crippen LogP contribution in [0, 0.1) is 18.3 Å². The van der Waals surface area contributed by atoms with E-state index in [2.05, 4.69) is 9.97 Å². The number of pyridine rings is 2. The van der Waals surface area contributed by atoms with Gasteiger partial charge in [0.2, 0.25) is 0 Å². The molecule has 2 aromatic heterocycles. The zero-order chi connectivity index (χ0) is 15.0. The number of rotatable bonds is 1. The Balaban J connectivity index is 2.34. The lowest BCUT2D eigenvalue weighted by molar-refractivity contribution is 1.13. The van der Waals surface area contributed by atoms with Crippen molar-refractivity contribution in [3.63, 3.8) is 0 Å². The quantitative estimate of drug-likeness (QED) is 0.748. The highest BCUT2D eigenvalue weighted by Crippen LogP contribution is 2.28. The number of aromatic amines is 1. The molecule has 0 atom stereocenters. The van der Waals surface area contributed by atoms with Gasteiger partial charge >= 0.3 is 0 Å². The molecular formula is C16H10ClN3O. The number of H-pyrrole nitrogens is 1. The van der Waals surface area contributed by atoms with Crippen molar-refractivity contribution in [3.05, 3.63) is 63.2 Å². The van der Waals surface area contributed by atoms with Gasteiger partial charge in [-0.25, -0.2) is 0 Å². The molecule has 0 saturated heterocycles. The van der Waals surface area contributed by atoms with Crippen LogP contribution in [0.25, 0.3) is 22.0 Å². The fraction of sp³-hybridized carbons (Fsp3) is 0.0625. The Kier molecular flexibility index (Phi) is 3.20. The largest absolute Gasteiger partial charge is 0.325 e. The number of nitrogens with one attached hydrogen (secondary N) is 1. The summed E-state index contributed by atoms with van der Waals surface area (Å²) in [5, 5.41) is 10.6. The van der Waals surface area contributed by atoms with Crippen molar-refractivity contribution in [2.45, 2.75) is 6.92 Å². The van der Waals surface area contributed by atoms with Gasteiger partial charge in [0, 0.05) is 22.8 Å². The van der Waals surface area contributed by atoms with Gasteiger partial charge in [0.1, 0.15) is 11.6 Å². The SMILES string of the molecule is Cc1cc(-c2ccc3nccc(Cl)c3c2)c(C#N)c(=O)[nH]1. The van der Waals surface area contributed by atoms with Crippen LogP contribution in [0.15, 0.2) is 41.3 Å². The van der Waals surface area contributed by atoms with Crippen molar-refractivity contribution in [2.24, 2.45) is 0 Å². The molecule has 3 rings (SSSR count). The van der Waals surface area contributed by atoms with E-state index in [-0.39, 0.29) is 11.1 Å². The van der Waals surface area contributed by atoms with Crippen molar-refractivity contribution in [3.8, 4) is 17.2 Å². The topological polar surface area (TPSA) is 69.5 Å². The van der Waals surface area contributed by atoms with E-state index in [4.69, 9.17) is 11.6 Å². The molecular weight excluding hydrogens is 286 g/mol. The molecule has 0 radical (unpaired) electrons. The summed E-state index contributed by atoms with van der Waals surface area (Å²) >= 11 is 6.18. The zero-order valence-corrected chi connectivity index (χ0v) is 11.9. The van der Waals surface area contributed by atoms with E-state index < -0.39 is 0 Å². The first-order valence-electron chi connectivity index (χ1n) is 6.29. The Morgan fingerprint density at radius 1 is 1.29 bits per heavy atom. The van der Waals surface area contributed by atoms with E-state index in [1.165, 1.54) is 0 Å². The second-order valence-corrected chi connectivity index (χ2v) is 5.11. The Bertz CT molecular complexity index is 954. The Labute approximate surface area is 125 Å². The second-order valence-electron chi connectivity index (χ2n) is 4.71. The monoisotopic (exact) mass is 295 g/mol. The van der Waals surface area contributed by atoms with E-state index in [1.54, 1.807) is 25.3 Å². The fourth-order valence-electron chi connectivity index (χ4n) is 2.31. The maximum absolute atomic E-state index is 11.9. The van der Waals surface area contributed by atoms with Gasteiger partial charge in [-0.3, -0.25) is 9.78 Å². The Morgan fingerprint density at radius 2 is 2.10 bits per heavy atom. The molecule has 0 bridgehead atoms. The van der Waals surface area contributed by atoms with Crippen molar-refractivity contribution in [1.82, 2.24) is 9.97 Å². The third-order valence-electron chi connectivity index (χ3n) is 3.28. The molecule has 0 aliphatic carbocycles. The highest BCUT2D eigenvalue weighted by atomic mass is 35.5. The predicted octanol–water partition coefficient (Wildman–Crippen LogP) is 3.42. The number of hydrogen-bond acceptors (Lipinski definition) is 3. The normalized spacial score (nSPS) is 10.5. The molecule has 0 fully saturated rings. The van der Waals surface area contributed by atoms with Crippen molar-refractivity contribution >= 4 is 22.5 Å². The summed E-state index contributed by atoms with van der Waals surface area (Å²) in [5.74, 6) is 0.